The first kappa shape index (κ1) is 23.7. The van der Waals surface area contributed by atoms with Gasteiger partial charge in [-0.25, -0.2) is 4.79 Å². The van der Waals surface area contributed by atoms with E-state index < -0.39 is 0 Å². The van der Waals surface area contributed by atoms with Gasteiger partial charge in [0, 0.05) is 23.9 Å². The van der Waals surface area contributed by atoms with Gasteiger partial charge in [0.1, 0.15) is 5.15 Å². The number of hydrogen-bond acceptors (Lipinski definition) is 5. The van der Waals surface area contributed by atoms with Gasteiger partial charge in [-0.3, -0.25) is 14.1 Å². The first-order chi connectivity index (χ1) is 17.7. The molecule has 0 radical (unpaired) electrons. The molecule has 8 nitrogen and oxygen atoms in total. The van der Waals surface area contributed by atoms with Crippen LogP contribution in [-0.4, -0.2) is 34.7 Å². The van der Waals surface area contributed by atoms with E-state index >= 15 is 0 Å². The van der Waals surface area contributed by atoms with Gasteiger partial charge in [-0.15, -0.1) is 10.2 Å². The third-order valence-corrected chi connectivity index (χ3v) is 6.62. The summed E-state index contributed by atoms with van der Waals surface area (Å²) in [6, 6.07) is 21.6. The van der Waals surface area contributed by atoms with Gasteiger partial charge in [0.15, 0.2) is 0 Å². The van der Waals surface area contributed by atoms with Gasteiger partial charge in [0.2, 0.25) is 5.82 Å². The van der Waals surface area contributed by atoms with Crippen molar-refractivity contribution in [2.45, 2.75) is 39.2 Å². The number of tetrazole rings is 1. The molecule has 0 aliphatic rings. The fourth-order valence-electron chi connectivity index (χ4n) is 4.33. The van der Waals surface area contributed by atoms with Crippen molar-refractivity contribution in [1.29, 1.82) is 0 Å². The lowest BCUT2D eigenvalue weighted by atomic mass is 10.0. The summed E-state index contributed by atoms with van der Waals surface area (Å²) in [5, 5.41) is 14.8. The average molecular weight is 500 g/mol. The standard InChI is InChI=1S/C27H26ClN7O/c1-2-3-11-23-25(28)34(18-16-19-8-5-4-6-9-19)27(36)35(23)21-14-12-20(13-15-21)24-22(10-7-17-29-24)26-30-32-33-31-26/h4-10,12-15,17H,2-3,11,16,18H2,1H3,(H,30,31,32,33). The maximum absolute atomic E-state index is 13.6. The van der Waals surface area contributed by atoms with Gasteiger partial charge in [-0.2, -0.15) is 5.21 Å². The van der Waals surface area contributed by atoms with Crippen LogP contribution in [-0.2, 0) is 19.4 Å². The maximum Gasteiger partial charge on any atom is 0.334 e. The van der Waals surface area contributed by atoms with Gasteiger partial charge in [-0.1, -0.05) is 67.4 Å². The average Bonchev–Trinajstić information content (AvgIpc) is 3.54. The third-order valence-electron chi connectivity index (χ3n) is 6.19. The maximum atomic E-state index is 13.6. The molecule has 36 heavy (non-hydrogen) atoms. The first-order valence-corrected chi connectivity index (χ1v) is 12.4. The van der Waals surface area contributed by atoms with Crippen LogP contribution in [0.25, 0.3) is 28.3 Å². The van der Waals surface area contributed by atoms with Crippen LogP contribution in [0.3, 0.4) is 0 Å². The zero-order chi connectivity index (χ0) is 24.9. The molecule has 0 saturated carbocycles. The van der Waals surface area contributed by atoms with E-state index in [9.17, 15) is 4.79 Å². The first-order valence-electron chi connectivity index (χ1n) is 12.0. The van der Waals surface area contributed by atoms with Crippen LogP contribution >= 0.6 is 11.6 Å². The second-order valence-corrected chi connectivity index (χ2v) is 8.89. The summed E-state index contributed by atoms with van der Waals surface area (Å²) in [6.07, 6.45) is 5.15. The highest BCUT2D eigenvalue weighted by atomic mass is 35.5. The second-order valence-electron chi connectivity index (χ2n) is 8.53. The normalized spacial score (nSPS) is 11.2. The molecular weight excluding hydrogens is 474 g/mol. The van der Waals surface area contributed by atoms with Crippen molar-refractivity contribution >= 4 is 11.6 Å². The quantitative estimate of drug-likeness (QED) is 0.304. The number of nitrogens with zero attached hydrogens (tertiary/aromatic N) is 6. The van der Waals surface area contributed by atoms with Crippen LogP contribution in [0.4, 0.5) is 0 Å². The van der Waals surface area contributed by atoms with Crippen LogP contribution < -0.4 is 5.69 Å². The predicted molar refractivity (Wildman–Crippen MR) is 140 cm³/mol. The van der Waals surface area contributed by atoms with Crippen molar-refractivity contribution in [3.63, 3.8) is 0 Å². The number of imidazole rings is 1. The van der Waals surface area contributed by atoms with E-state index in [0.717, 1.165) is 53.9 Å². The van der Waals surface area contributed by atoms with Crippen molar-refractivity contribution in [3.8, 4) is 28.3 Å². The van der Waals surface area contributed by atoms with Crippen LogP contribution in [0.1, 0.15) is 31.0 Å². The van der Waals surface area contributed by atoms with E-state index in [1.54, 1.807) is 15.3 Å². The number of nitrogens with one attached hydrogen (secondary N) is 1. The Bertz CT molecular complexity index is 1490. The lowest BCUT2D eigenvalue weighted by molar-refractivity contribution is 0.662. The molecule has 0 fully saturated rings. The van der Waals surface area contributed by atoms with Crippen molar-refractivity contribution in [1.82, 2.24) is 34.7 Å². The molecule has 9 heteroatoms. The summed E-state index contributed by atoms with van der Waals surface area (Å²) in [7, 11) is 0. The topological polar surface area (TPSA) is 94.3 Å². The van der Waals surface area contributed by atoms with Crippen LogP contribution in [0, 0.1) is 0 Å². The number of rotatable bonds is 9. The lowest BCUT2D eigenvalue weighted by Gasteiger charge is -2.10. The van der Waals surface area contributed by atoms with Crippen LogP contribution in [0.5, 0.6) is 0 Å². The SMILES string of the molecule is CCCCc1c(Cl)n(CCc2ccccc2)c(=O)n1-c1ccc(-c2ncccc2-c2nn[nH]n2)cc1. The van der Waals surface area contributed by atoms with Crippen molar-refractivity contribution in [2.24, 2.45) is 0 Å². The minimum absolute atomic E-state index is 0.125. The van der Waals surface area contributed by atoms with E-state index in [2.05, 4.69) is 44.7 Å². The Morgan fingerprint density at radius 1 is 0.972 bits per heavy atom. The number of aromatic nitrogens is 7. The highest BCUT2D eigenvalue weighted by Crippen LogP contribution is 2.29. The highest BCUT2D eigenvalue weighted by Gasteiger charge is 2.20. The molecule has 0 bridgehead atoms. The summed E-state index contributed by atoms with van der Waals surface area (Å²) in [6.45, 7) is 2.65. The zero-order valence-electron chi connectivity index (χ0n) is 19.9. The molecule has 0 aliphatic heterocycles. The molecule has 5 aromatic rings. The minimum Gasteiger partial charge on any atom is -0.282 e. The number of aromatic amines is 1. The van der Waals surface area contributed by atoms with Crippen molar-refractivity contribution in [3.05, 3.63) is 99.8 Å². The van der Waals surface area contributed by atoms with Crippen molar-refractivity contribution < 1.29 is 0 Å². The van der Waals surface area contributed by atoms with Gasteiger partial charge >= 0.3 is 5.69 Å². The Hall–Kier alpha value is -4.04. The summed E-state index contributed by atoms with van der Waals surface area (Å²) in [5.41, 5.74) is 5.05. The van der Waals surface area contributed by atoms with Gasteiger partial charge < -0.3 is 0 Å². The Kier molecular flexibility index (Phi) is 7.04. The number of unbranched alkanes of at least 4 members (excludes halogenated alkanes) is 1. The Morgan fingerprint density at radius 2 is 1.78 bits per heavy atom. The van der Waals surface area contributed by atoms with E-state index in [0.29, 0.717) is 17.5 Å². The molecule has 5 rings (SSSR count). The van der Waals surface area contributed by atoms with Gasteiger partial charge in [0.25, 0.3) is 0 Å². The Labute approximate surface area is 213 Å². The second kappa shape index (κ2) is 10.7. The van der Waals surface area contributed by atoms with E-state index in [1.165, 1.54) is 5.56 Å². The summed E-state index contributed by atoms with van der Waals surface area (Å²) in [5.74, 6) is 0.475. The molecule has 2 aromatic carbocycles. The molecule has 1 N–H and O–H groups in total. The third kappa shape index (κ3) is 4.72. The monoisotopic (exact) mass is 499 g/mol. The highest BCUT2D eigenvalue weighted by molar-refractivity contribution is 6.30. The summed E-state index contributed by atoms with van der Waals surface area (Å²) in [4.78, 5) is 18.1. The minimum atomic E-state index is -0.125. The number of halogens is 1. The summed E-state index contributed by atoms with van der Waals surface area (Å²) < 4.78 is 3.42. The fraction of sp³-hybridized carbons (Fsp3) is 0.222. The molecule has 0 saturated heterocycles. The molecule has 3 aromatic heterocycles. The number of H-pyrrole nitrogens is 1. The van der Waals surface area contributed by atoms with E-state index in [1.807, 2.05) is 54.6 Å². The zero-order valence-corrected chi connectivity index (χ0v) is 20.7. The largest absolute Gasteiger partial charge is 0.334 e. The smallest absolute Gasteiger partial charge is 0.282 e. The predicted octanol–water partition coefficient (Wildman–Crippen LogP) is 5.12. The van der Waals surface area contributed by atoms with Crippen molar-refractivity contribution in [2.75, 3.05) is 0 Å². The van der Waals surface area contributed by atoms with Crippen LogP contribution in [0.2, 0.25) is 5.15 Å². The van der Waals surface area contributed by atoms with Gasteiger partial charge in [0.05, 0.1) is 17.1 Å². The molecule has 0 amide bonds. The molecule has 182 valence electrons. The number of pyridine rings is 1. The lowest BCUT2D eigenvalue weighted by Crippen LogP contribution is -2.24. The molecule has 0 aliphatic carbocycles. The molecular formula is C27H26ClN7O. The van der Waals surface area contributed by atoms with Crippen LogP contribution in [0.15, 0.2) is 77.7 Å². The fourth-order valence-corrected chi connectivity index (χ4v) is 4.67. The van der Waals surface area contributed by atoms with E-state index in [-0.39, 0.29) is 5.69 Å². The summed E-state index contributed by atoms with van der Waals surface area (Å²) >= 11 is 6.80. The Balaban J connectivity index is 1.51. The Morgan fingerprint density at radius 3 is 2.50 bits per heavy atom. The number of hydrogen-bond donors (Lipinski definition) is 1. The number of aryl methyl sites for hydroxylation is 1. The molecule has 0 unspecified atom stereocenters. The number of benzene rings is 2. The van der Waals surface area contributed by atoms with Gasteiger partial charge in [-0.05, 0) is 54.3 Å². The molecule has 0 spiro atoms. The molecule has 0 atom stereocenters. The van der Waals surface area contributed by atoms with E-state index in [4.69, 9.17) is 11.6 Å². The molecule has 3 heterocycles.